The van der Waals surface area contributed by atoms with Crippen LogP contribution in [-0.4, -0.2) is 35.7 Å². The summed E-state index contributed by atoms with van der Waals surface area (Å²) in [5, 5.41) is 6.10. The van der Waals surface area contributed by atoms with Crippen LogP contribution in [0.1, 0.15) is 18.6 Å². The highest BCUT2D eigenvalue weighted by atomic mass is 16.6. The van der Waals surface area contributed by atoms with Crippen molar-refractivity contribution in [3.63, 3.8) is 0 Å². The van der Waals surface area contributed by atoms with Gasteiger partial charge in [-0.1, -0.05) is 5.16 Å². The summed E-state index contributed by atoms with van der Waals surface area (Å²) in [4.78, 5) is 35.9. The van der Waals surface area contributed by atoms with Gasteiger partial charge in [-0.15, -0.1) is 0 Å². The lowest BCUT2D eigenvalue weighted by Gasteiger charge is -2.22. The molecule has 122 valence electrons. The Kier molecular flexibility index (Phi) is 3.14. The van der Waals surface area contributed by atoms with Crippen molar-refractivity contribution in [1.29, 1.82) is 0 Å². The number of carbonyl (C=O) groups is 3. The number of amides is 1. The third kappa shape index (κ3) is 2.29. The van der Waals surface area contributed by atoms with Crippen LogP contribution in [0.5, 0.6) is 0 Å². The molecule has 0 spiro atoms. The van der Waals surface area contributed by atoms with Gasteiger partial charge in [-0.05, 0) is 25.7 Å². The molecule has 1 aromatic rings. The lowest BCUT2D eigenvalue weighted by Crippen LogP contribution is -2.35. The molecule has 1 aromatic heterocycles. The highest BCUT2D eigenvalue weighted by Crippen LogP contribution is 2.57. The van der Waals surface area contributed by atoms with E-state index in [1.807, 2.05) is 0 Å². The molecule has 4 rings (SSSR count). The van der Waals surface area contributed by atoms with Crippen LogP contribution in [0.4, 0.5) is 5.82 Å². The highest BCUT2D eigenvalue weighted by molar-refractivity contribution is 5.92. The zero-order valence-corrected chi connectivity index (χ0v) is 12.5. The van der Waals surface area contributed by atoms with Gasteiger partial charge in [0.15, 0.2) is 12.4 Å². The van der Waals surface area contributed by atoms with Crippen LogP contribution in [0.2, 0.25) is 0 Å². The van der Waals surface area contributed by atoms with Gasteiger partial charge >= 0.3 is 11.9 Å². The molecule has 1 amide bonds. The van der Waals surface area contributed by atoms with E-state index in [2.05, 4.69) is 10.5 Å². The van der Waals surface area contributed by atoms with E-state index < -0.39 is 30.3 Å². The summed E-state index contributed by atoms with van der Waals surface area (Å²) in [6, 6.07) is 1.56. The Labute approximate surface area is 131 Å². The van der Waals surface area contributed by atoms with Gasteiger partial charge in [-0.25, -0.2) is 0 Å². The van der Waals surface area contributed by atoms with Crippen molar-refractivity contribution in [2.24, 2.45) is 23.7 Å². The molecule has 2 heterocycles. The Morgan fingerprint density at radius 1 is 1.43 bits per heavy atom. The quantitative estimate of drug-likeness (QED) is 0.812. The maximum absolute atomic E-state index is 12.3. The molecular formula is C15H16N2O6. The van der Waals surface area contributed by atoms with Gasteiger partial charge in [0, 0.05) is 12.0 Å². The van der Waals surface area contributed by atoms with E-state index in [0.717, 1.165) is 12.8 Å². The molecule has 5 unspecified atom stereocenters. The number of fused-ring (bicyclic) bond motifs is 1. The fraction of sp³-hybridized carbons (Fsp3) is 0.600. The molecule has 8 heteroatoms. The van der Waals surface area contributed by atoms with E-state index in [1.165, 1.54) is 0 Å². The molecule has 8 nitrogen and oxygen atoms in total. The highest BCUT2D eigenvalue weighted by Gasteiger charge is 2.64. The van der Waals surface area contributed by atoms with E-state index in [1.54, 1.807) is 13.0 Å². The third-order valence-corrected chi connectivity index (χ3v) is 5.00. The number of hydrogen-bond donors (Lipinski definition) is 1. The zero-order valence-electron chi connectivity index (χ0n) is 12.5. The lowest BCUT2D eigenvalue weighted by molar-refractivity contribution is -0.157. The number of rotatable bonds is 4. The van der Waals surface area contributed by atoms with Crippen LogP contribution in [0.25, 0.3) is 0 Å². The SMILES string of the molecule is Cc1cc(NC(=O)COC(=O)C2C3CC4OC(=O)C2C4C3)no1. The zero-order chi connectivity index (χ0) is 16.1. The Bertz CT molecular complexity index is 681. The molecule has 0 radical (unpaired) electrons. The number of carbonyl (C=O) groups excluding carboxylic acids is 3. The molecule has 1 saturated heterocycles. The Morgan fingerprint density at radius 3 is 3.00 bits per heavy atom. The van der Waals surface area contributed by atoms with Crippen LogP contribution >= 0.6 is 0 Å². The number of hydrogen-bond acceptors (Lipinski definition) is 7. The molecule has 0 aromatic carbocycles. The number of nitrogens with one attached hydrogen (secondary N) is 1. The van der Waals surface area contributed by atoms with Gasteiger partial charge < -0.3 is 19.3 Å². The smallest absolute Gasteiger partial charge is 0.310 e. The van der Waals surface area contributed by atoms with Crippen molar-refractivity contribution in [2.75, 3.05) is 11.9 Å². The Hall–Kier alpha value is -2.38. The number of anilines is 1. The number of ether oxygens (including phenoxy) is 2. The second-order valence-electron chi connectivity index (χ2n) is 6.40. The standard InChI is InChI=1S/C15H16N2O6/c1-6-2-10(17-23-6)16-11(18)5-21-14(19)12-7-3-8-9(4-7)22-15(20)13(8)12/h2,7-9,12-13H,3-5H2,1H3,(H,16,17,18). The number of aryl methyl sites for hydroxylation is 1. The maximum Gasteiger partial charge on any atom is 0.310 e. The molecular weight excluding hydrogens is 304 g/mol. The van der Waals surface area contributed by atoms with Crippen molar-refractivity contribution >= 4 is 23.7 Å². The minimum Gasteiger partial charge on any atom is -0.462 e. The van der Waals surface area contributed by atoms with Crippen molar-refractivity contribution in [3.05, 3.63) is 11.8 Å². The third-order valence-electron chi connectivity index (χ3n) is 5.00. The summed E-state index contributed by atoms with van der Waals surface area (Å²) < 4.78 is 15.2. The van der Waals surface area contributed by atoms with Crippen LogP contribution in [0.15, 0.2) is 10.6 Å². The molecule has 1 aliphatic heterocycles. The molecule has 5 atom stereocenters. The van der Waals surface area contributed by atoms with E-state index in [0.29, 0.717) is 5.76 Å². The Morgan fingerprint density at radius 2 is 2.26 bits per heavy atom. The van der Waals surface area contributed by atoms with Crippen molar-refractivity contribution in [3.8, 4) is 0 Å². The van der Waals surface area contributed by atoms with Gasteiger partial charge in [0.05, 0.1) is 11.8 Å². The molecule has 3 aliphatic rings. The number of esters is 2. The van der Waals surface area contributed by atoms with Crippen LogP contribution in [-0.2, 0) is 23.9 Å². The fourth-order valence-corrected chi connectivity index (χ4v) is 4.16. The first-order chi connectivity index (χ1) is 11.0. The second-order valence-corrected chi connectivity index (χ2v) is 6.40. The number of nitrogens with zero attached hydrogens (tertiary/aromatic N) is 1. The molecule has 3 fully saturated rings. The first kappa shape index (κ1) is 14.2. The van der Waals surface area contributed by atoms with Crippen LogP contribution < -0.4 is 5.32 Å². The Balaban J connectivity index is 1.34. The van der Waals surface area contributed by atoms with E-state index in [4.69, 9.17) is 14.0 Å². The summed E-state index contributed by atoms with van der Waals surface area (Å²) >= 11 is 0. The minimum absolute atomic E-state index is 0.0275. The first-order valence-electron chi connectivity index (χ1n) is 7.63. The van der Waals surface area contributed by atoms with Crippen molar-refractivity contribution in [1.82, 2.24) is 5.16 Å². The molecule has 2 saturated carbocycles. The summed E-state index contributed by atoms with van der Waals surface area (Å²) in [6.45, 7) is 1.29. The van der Waals surface area contributed by atoms with Gasteiger partial charge in [-0.2, -0.15) is 0 Å². The van der Waals surface area contributed by atoms with E-state index in [9.17, 15) is 14.4 Å². The van der Waals surface area contributed by atoms with E-state index in [-0.39, 0.29) is 29.7 Å². The predicted octanol–water partition coefficient (Wildman–Crippen LogP) is 0.662. The summed E-state index contributed by atoms with van der Waals surface area (Å²) in [6.07, 6.45) is 1.52. The molecule has 2 bridgehead atoms. The largest absolute Gasteiger partial charge is 0.462 e. The topological polar surface area (TPSA) is 108 Å². The van der Waals surface area contributed by atoms with Crippen molar-refractivity contribution in [2.45, 2.75) is 25.9 Å². The summed E-state index contributed by atoms with van der Waals surface area (Å²) in [5.74, 6) is -1.08. The minimum atomic E-state index is -0.498. The average molecular weight is 320 g/mol. The average Bonchev–Trinajstić information content (AvgIpc) is 3.20. The molecule has 23 heavy (non-hydrogen) atoms. The second kappa shape index (κ2) is 5.07. The molecule has 1 N–H and O–H groups in total. The van der Waals surface area contributed by atoms with Crippen LogP contribution in [0.3, 0.4) is 0 Å². The van der Waals surface area contributed by atoms with Gasteiger partial charge in [0.25, 0.3) is 5.91 Å². The molecule has 2 aliphatic carbocycles. The normalized spacial score (nSPS) is 33.6. The maximum atomic E-state index is 12.3. The van der Waals surface area contributed by atoms with Gasteiger partial charge in [-0.3, -0.25) is 14.4 Å². The fourth-order valence-electron chi connectivity index (χ4n) is 4.16. The summed E-state index contributed by atoms with van der Waals surface area (Å²) in [7, 11) is 0. The lowest BCUT2D eigenvalue weighted by atomic mass is 9.80. The van der Waals surface area contributed by atoms with E-state index >= 15 is 0 Å². The van der Waals surface area contributed by atoms with Gasteiger partial charge in [0.2, 0.25) is 0 Å². The first-order valence-corrected chi connectivity index (χ1v) is 7.63. The summed E-state index contributed by atoms with van der Waals surface area (Å²) in [5.41, 5.74) is 0. The monoisotopic (exact) mass is 320 g/mol. The van der Waals surface area contributed by atoms with Crippen molar-refractivity contribution < 1.29 is 28.4 Å². The number of aromatic nitrogens is 1. The van der Waals surface area contributed by atoms with Gasteiger partial charge in [0.1, 0.15) is 11.9 Å². The van der Waals surface area contributed by atoms with Crippen LogP contribution in [0, 0.1) is 30.6 Å². The predicted molar refractivity (Wildman–Crippen MR) is 73.9 cm³/mol.